The SMILES string of the molecule is CC(C)(C1CC1)C(OC=O)(c1cccc(Cl)c1)C(F)(F)F. The number of halogens is 4. The molecule has 0 radical (unpaired) electrons. The number of ether oxygens (including phenoxy) is 1. The fourth-order valence-corrected chi connectivity index (χ4v) is 3.25. The first-order valence-electron chi connectivity index (χ1n) is 6.61. The predicted octanol–water partition coefficient (Wildman–Crippen LogP) is 4.71. The third-order valence-corrected chi connectivity index (χ3v) is 4.60. The number of alkyl halides is 3. The maximum Gasteiger partial charge on any atom is 0.433 e. The molecule has 0 aliphatic heterocycles. The second-order valence-electron chi connectivity index (χ2n) is 5.90. The number of hydrogen-bond donors (Lipinski definition) is 0. The fraction of sp³-hybridized carbons (Fsp3) is 0.533. The van der Waals surface area contributed by atoms with Crippen molar-refractivity contribution in [3.05, 3.63) is 34.9 Å². The highest BCUT2D eigenvalue weighted by Crippen LogP contribution is 2.62. The summed E-state index contributed by atoms with van der Waals surface area (Å²) in [5.41, 5.74) is -4.13. The van der Waals surface area contributed by atoms with Crippen LogP contribution >= 0.6 is 11.6 Å². The van der Waals surface area contributed by atoms with E-state index in [0.29, 0.717) is 12.8 Å². The molecule has 1 saturated carbocycles. The Labute approximate surface area is 126 Å². The van der Waals surface area contributed by atoms with E-state index >= 15 is 0 Å². The summed E-state index contributed by atoms with van der Waals surface area (Å²) < 4.78 is 46.5. The Balaban J connectivity index is 2.69. The minimum Gasteiger partial charge on any atom is -0.446 e. The number of benzene rings is 1. The van der Waals surface area contributed by atoms with Gasteiger partial charge in [0.05, 0.1) is 0 Å². The first kappa shape index (κ1) is 16.1. The molecule has 0 aromatic heterocycles. The fourth-order valence-electron chi connectivity index (χ4n) is 3.06. The first-order valence-corrected chi connectivity index (χ1v) is 6.99. The third-order valence-electron chi connectivity index (χ3n) is 4.36. The quantitative estimate of drug-likeness (QED) is 0.735. The molecule has 1 aromatic rings. The first-order chi connectivity index (χ1) is 9.66. The zero-order valence-corrected chi connectivity index (χ0v) is 12.5. The van der Waals surface area contributed by atoms with Crippen molar-refractivity contribution in [2.45, 2.75) is 38.5 Å². The number of rotatable bonds is 5. The number of carbonyl (C=O) groups is 1. The Bertz CT molecular complexity index is 538. The topological polar surface area (TPSA) is 26.3 Å². The van der Waals surface area contributed by atoms with Gasteiger partial charge in [-0.1, -0.05) is 37.6 Å². The Morgan fingerprint density at radius 2 is 1.90 bits per heavy atom. The highest BCUT2D eigenvalue weighted by molar-refractivity contribution is 6.30. The van der Waals surface area contributed by atoms with Gasteiger partial charge in [0.15, 0.2) is 0 Å². The molecule has 0 saturated heterocycles. The van der Waals surface area contributed by atoms with E-state index in [4.69, 9.17) is 16.3 Å². The molecule has 0 amide bonds. The van der Waals surface area contributed by atoms with E-state index in [0.717, 1.165) is 0 Å². The molecule has 0 N–H and O–H groups in total. The molecule has 1 aliphatic carbocycles. The van der Waals surface area contributed by atoms with Crippen LogP contribution in [0.4, 0.5) is 13.2 Å². The average molecular weight is 321 g/mol. The van der Waals surface area contributed by atoms with Crippen molar-refractivity contribution >= 4 is 18.1 Å². The molecule has 0 spiro atoms. The van der Waals surface area contributed by atoms with Crippen LogP contribution in [0.25, 0.3) is 0 Å². The van der Waals surface area contributed by atoms with Crippen LogP contribution in [0.15, 0.2) is 24.3 Å². The molecule has 1 aromatic carbocycles. The molecule has 2 nitrogen and oxygen atoms in total. The van der Waals surface area contributed by atoms with E-state index in [9.17, 15) is 18.0 Å². The third kappa shape index (κ3) is 2.52. The minimum atomic E-state index is -4.75. The van der Waals surface area contributed by atoms with Crippen LogP contribution in [-0.4, -0.2) is 12.6 Å². The van der Waals surface area contributed by atoms with E-state index in [1.54, 1.807) is 0 Å². The van der Waals surface area contributed by atoms with Crippen molar-refractivity contribution in [1.29, 1.82) is 0 Å². The largest absolute Gasteiger partial charge is 0.446 e. The van der Waals surface area contributed by atoms with Crippen molar-refractivity contribution in [2.75, 3.05) is 0 Å². The molecule has 21 heavy (non-hydrogen) atoms. The summed E-state index contributed by atoms with van der Waals surface area (Å²) >= 11 is 5.84. The van der Waals surface area contributed by atoms with Gasteiger partial charge in [-0.05, 0) is 30.9 Å². The van der Waals surface area contributed by atoms with Gasteiger partial charge in [0.2, 0.25) is 5.60 Å². The molecule has 0 bridgehead atoms. The van der Waals surface area contributed by atoms with E-state index < -0.39 is 17.2 Å². The average Bonchev–Trinajstić information content (AvgIpc) is 3.18. The lowest BCUT2D eigenvalue weighted by Gasteiger charge is -2.46. The lowest BCUT2D eigenvalue weighted by atomic mass is 9.67. The minimum absolute atomic E-state index is 0.126. The van der Waals surface area contributed by atoms with Gasteiger partial charge in [-0.25, -0.2) is 0 Å². The van der Waals surface area contributed by atoms with Crippen molar-refractivity contribution in [3.63, 3.8) is 0 Å². The van der Waals surface area contributed by atoms with E-state index in [1.807, 2.05) is 0 Å². The summed E-state index contributed by atoms with van der Waals surface area (Å²) in [7, 11) is 0. The van der Waals surface area contributed by atoms with Gasteiger partial charge in [-0.3, -0.25) is 4.79 Å². The zero-order valence-electron chi connectivity index (χ0n) is 11.7. The summed E-state index contributed by atoms with van der Waals surface area (Å²) in [4.78, 5) is 10.9. The molecule has 1 aliphatic rings. The van der Waals surface area contributed by atoms with Gasteiger partial charge in [0.1, 0.15) is 0 Å². The van der Waals surface area contributed by atoms with Gasteiger partial charge in [0, 0.05) is 16.0 Å². The van der Waals surface area contributed by atoms with E-state index in [-0.39, 0.29) is 23.0 Å². The highest BCUT2D eigenvalue weighted by Gasteiger charge is 2.69. The predicted molar refractivity (Wildman–Crippen MR) is 72.8 cm³/mol. The lowest BCUT2D eigenvalue weighted by Crippen LogP contribution is -2.56. The summed E-state index contributed by atoms with van der Waals surface area (Å²) in [5.74, 6) is -0.155. The standard InChI is InChI=1S/C15H16ClF3O2/c1-13(2,10-6-7-10)14(21-9-20,15(17,18)19)11-4-3-5-12(16)8-11/h3-5,8-10H,6-7H2,1-2H3. The molecule has 2 rings (SSSR count). The van der Waals surface area contributed by atoms with Crippen LogP contribution in [0.3, 0.4) is 0 Å². The monoisotopic (exact) mass is 320 g/mol. The number of hydrogen-bond acceptors (Lipinski definition) is 2. The second kappa shape index (κ2) is 5.20. The summed E-state index contributed by atoms with van der Waals surface area (Å²) in [6.45, 7) is 2.85. The summed E-state index contributed by atoms with van der Waals surface area (Å²) in [6.07, 6.45) is -3.37. The van der Waals surface area contributed by atoms with Crippen molar-refractivity contribution < 1.29 is 22.7 Å². The number of carbonyl (C=O) groups excluding carboxylic acids is 1. The van der Waals surface area contributed by atoms with E-state index in [1.165, 1.54) is 38.1 Å². The van der Waals surface area contributed by atoms with Gasteiger partial charge < -0.3 is 4.74 Å². The molecule has 116 valence electrons. The molecule has 1 atom stereocenters. The molecule has 1 fully saturated rings. The molecule has 1 unspecified atom stereocenters. The Morgan fingerprint density at radius 1 is 1.29 bits per heavy atom. The molecular weight excluding hydrogens is 305 g/mol. The van der Waals surface area contributed by atoms with E-state index in [2.05, 4.69) is 0 Å². The van der Waals surface area contributed by atoms with Gasteiger partial charge in [-0.2, -0.15) is 13.2 Å². The molecular formula is C15H16ClF3O2. The second-order valence-corrected chi connectivity index (χ2v) is 6.34. The normalized spacial score (nSPS) is 19.0. The lowest BCUT2D eigenvalue weighted by molar-refractivity contribution is -0.310. The van der Waals surface area contributed by atoms with Crippen LogP contribution in [0.1, 0.15) is 32.3 Å². The summed E-state index contributed by atoms with van der Waals surface area (Å²) in [5, 5.41) is 0.169. The Morgan fingerprint density at radius 3 is 2.33 bits per heavy atom. The van der Waals surface area contributed by atoms with Crippen LogP contribution < -0.4 is 0 Å². The Hall–Kier alpha value is -1.23. The maximum absolute atomic E-state index is 13.9. The zero-order chi connectivity index (χ0) is 15.9. The highest BCUT2D eigenvalue weighted by atomic mass is 35.5. The van der Waals surface area contributed by atoms with Crippen LogP contribution in [0, 0.1) is 11.3 Å². The van der Waals surface area contributed by atoms with Gasteiger partial charge in [-0.15, -0.1) is 0 Å². The van der Waals surface area contributed by atoms with Gasteiger partial charge >= 0.3 is 6.18 Å². The van der Waals surface area contributed by atoms with Crippen LogP contribution in [-0.2, 0) is 15.1 Å². The molecule has 6 heteroatoms. The Kier molecular flexibility index (Phi) is 4.00. The van der Waals surface area contributed by atoms with Crippen molar-refractivity contribution in [1.82, 2.24) is 0 Å². The van der Waals surface area contributed by atoms with Crippen molar-refractivity contribution in [3.8, 4) is 0 Å². The van der Waals surface area contributed by atoms with Crippen molar-refractivity contribution in [2.24, 2.45) is 11.3 Å². The molecule has 0 heterocycles. The maximum atomic E-state index is 13.9. The van der Waals surface area contributed by atoms with Crippen LogP contribution in [0.5, 0.6) is 0 Å². The van der Waals surface area contributed by atoms with Crippen LogP contribution in [0.2, 0.25) is 5.02 Å². The van der Waals surface area contributed by atoms with Gasteiger partial charge in [0.25, 0.3) is 6.47 Å². The summed E-state index contributed by atoms with van der Waals surface area (Å²) in [6, 6.07) is 5.42. The smallest absolute Gasteiger partial charge is 0.433 e.